The Hall–Kier alpha value is -13.9. The van der Waals surface area contributed by atoms with Gasteiger partial charge in [0.2, 0.25) is 37.4 Å². The summed E-state index contributed by atoms with van der Waals surface area (Å²) in [6.45, 7) is 5.59. The second-order valence-corrected chi connectivity index (χ2v) is 40.0. The number of carbonyl (C=O) groups excluding carboxylic acids is 4. The Labute approximate surface area is 848 Å². The van der Waals surface area contributed by atoms with Gasteiger partial charge in [-0.1, -0.05) is 95.5 Å². The first kappa shape index (κ1) is 114. The molecule has 8 aromatic heterocycles. The number of rotatable bonds is 50. The molecule has 59 heteroatoms. The number of anilines is 4. The Bertz CT molecular complexity index is 7340. The highest BCUT2D eigenvalue weighted by molar-refractivity contribution is 7.54. The van der Waals surface area contributed by atoms with E-state index in [9.17, 15) is 65.4 Å². The molecule has 14 rings (SSSR count). The summed E-state index contributed by atoms with van der Waals surface area (Å²) >= 11 is 11.9. The van der Waals surface area contributed by atoms with Crippen molar-refractivity contribution in [3.63, 3.8) is 0 Å². The second kappa shape index (κ2) is 55.7. The zero-order valence-corrected chi connectivity index (χ0v) is 84.9. The van der Waals surface area contributed by atoms with Gasteiger partial charge in [0.05, 0.1) is 125 Å². The first-order valence-electron chi connectivity index (χ1n) is 44.1. The summed E-state index contributed by atoms with van der Waals surface area (Å²) in [6.07, 6.45) is 1.04. The summed E-state index contributed by atoms with van der Waals surface area (Å²) in [6, 6.07) is 36.7. The van der Waals surface area contributed by atoms with Crippen molar-refractivity contribution in [1.82, 2.24) is 78.1 Å². The Morgan fingerprint density at radius 3 is 1.06 bits per heavy atom. The molecule has 4 unspecified atom stereocenters. The predicted molar refractivity (Wildman–Crippen MR) is 528 cm³/mol. The lowest BCUT2D eigenvalue weighted by Gasteiger charge is -2.19. The number of methoxy groups -OCH3 is 2. The van der Waals surface area contributed by atoms with Crippen LogP contribution in [0.1, 0.15) is 60.1 Å². The van der Waals surface area contributed by atoms with E-state index >= 15 is 0 Å². The average Bonchev–Trinajstić information content (AvgIpc) is 1.67. The Balaban J connectivity index is 0.000000188. The number of aromatic amines is 4. The van der Waals surface area contributed by atoms with E-state index in [-0.39, 0.29) is 179 Å². The van der Waals surface area contributed by atoms with E-state index in [0.29, 0.717) is 43.8 Å². The normalized spacial score (nSPS) is 12.9. The smallest absolute Gasteiger partial charge is 0.496 e. The number of nitrogens with zero attached hydrogens (tertiary/aromatic N) is 12. The number of hydrogen-bond acceptors (Lipinski definition) is 43. The van der Waals surface area contributed by atoms with Gasteiger partial charge in [-0.3, -0.25) is 76.0 Å². The maximum Gasteiger partial charge on any atom is 0.510 e. The summed E-state index contributed by atoms with van der Waals surface area (Å²) in [5, 5.41) is 0.969. The fourth-order valence-corrected chi connectivity index (χ4v) is 17.8. The molecular weight excluding hydrogens is 2080 g/mol. The maximum atomic E-state index is 13.6. The number of nitrogen functional groups attached to an aromatic ring is 4. The minimum atomic E-state index is -3.92. The number of fused-ring (bicyclic) bond motifs is 4. The van der Waals surface area contributed by atoms with Crippen LogP contribution >= 0.6 is 53.6 Å². The molecule has 0 spiro atoms. The van der Waals surface area contributed by atoms with Crippen LogP contribution in [0.5, 0.6) is 17.2 Å². The van der Waals surface area contributed by atoms with Crippen LogP contribution in [0.4, 0.5) is 42.2 Å². The minimum absolute atomic E-state index is 0.0216. The fourth-order valence-electron chi connectivity index (χ4n) is 12.5. The van der Waals surface area contributed by atoms with Crippen molar-refractivity contribution in [3.05, 3.63) is 261 Å². The number of H-pyrrole nitrogens is 4. The van der Waals surface area contributed by atoms with E-state index in [1.54, 1.807) is 135 Å². The first-order chi connectivity index (χ1) is 70.8. The third kappa shape index (κ3) is 36.6. The van der Waals surface area contributed by atoms with Crippen LogP contribution in [0.2, 0.25) is 10.0 Å². The number of aryl methyl sites for hydroxylation is 2. The van der Waals surface area contributed by atoms with Gasteiger partial charge >= 0.3 is 54.6 Å². The van der Waals surface area contributed by atoms with Crippen LogP contribution in [0.15, 0.2) is 184 Å². The molecule has 8 heterocycles. The van der Waals surface area contributed by atoms with Gasteiger partial charge in [-0.2, -0.15) is 19.9 Å². The number of nitrogens with two attached hydrogens (primary N) is 4. The van der Waals surface area contributed by atoms with Crippen LogP contribution in [-0.2, 0) is 155 Å². The molecular formula is C89H102Cl2F2N20O31P4. The molecule has 148 heavy (non-hydrogen) atoms. The van der Waals surface area contributed by atoms with E-state index in [2.05, 4.69) is 69.3 Å². The zero-order valence-electron chi connectivity index (χ0n) is 79.9. The Kier molecular flexibility index (Phi) is 43.1. The molecule has 0 bridgehead atoms. The molecule has 51 nitrogen and oxygen atoms in total. The molecule has 0 saturated carbocycles. The van der Waals surface area contributed by atoms with Gasteiger partial charge in [0.1, 0.15) is 54.3 Å². The number of nitrogens with one attached hydrogen (secondary N) is 4. The number of imidazole rings is 4. The molecule has 14 aromatic rings. The molecule has 0 aliphatic heterocycles. The SMILES string of the molecule is CC(C)OC(=O)OCOP(=O)(COCCn1cnc2c(=O)[nH]c(N)nc21)OCc1cccc(Cl)c1.COC(=O)OCOP(=O)(COCCn1cnc2c(=O)[nH]c(N)nc21)OCc1cccc(Cl)c1.COc1cc(OC(=O)CCOP(=O)(COCCn2cnc3c(=O)[nH]c(N)nc32)OCc2cccc(F)c2)ccc1C.Cc1ccc(OC(=O)CCOP(=O)(COCCn2cnc3c(=O)[nH]c(N)nc32)OCc2cccc(F)c2)cc1. The van der Waals surface area contributed by atoms with Crippen molar-refractivity contribution in [2.45, 2.75) is 99.2 Å². The summed E-state index contributed by atoms with van der Waals surface area (Å²) in [5.74, 6) is -1.13. The van der Waals surface area contributed by atoms with E-state index in [0.717, 1.165) is 18.2 Å². The van der Waals surface area contributed by atoms with Crippen molar-refractivity contribution < 1.29 is 135 Å². The van der Waals surface area contributed by atoms with Gasteiger partial charge in [0, 0.05) is 42.3 Å². The van der Waals surface area contributed by atoms with Crippen molar-refractivity contribution in [1.29, 1.82) is 0 Å². The lowest BCUT2D eigenvalue weighted by Crippen LogP contribution is -2.16. The van der Waals surface area contributed by atoms with Gasteiger partial charge in [-0.05, 0) is 122 Å². The van der Waals surface area contributed by atoms with Crippen LogP contribution in [0.25, 0.3) is 44.7 Å². The molecule has 0 radical (unpaired) electrons. The lowest BCUT2D eigenvalue weighted by molar-refractivity contribution is -0.136. The number of halogens is 4. The molecule has 6 aromatic carbocycles. The maximum absolute atomic E-state index is 13.6. The quantitative estimate of drug-likeness (QED) is 0.00577. The fraction of sp³-hybridized carbons (Fsp3) is 0.326. The summed E-state index contributed by atoms with van der Waals surface area (Å²) in [4.78, 5) is 137. The van der Waals surface area contributed by atoms with E-state index in [4.69, 9.17) is 125 Å². The van der Waals surface area contributed by atoms with Crippen molar-refractivity contribution >= 4 is 146 Å². The number of hydrogen-bond donors (Lipinski definition) is 8. The van der Waals surface area contributed by atoms with Crippen molar-refractivity contribution in [3.8, 4) is 17.2 Å². The summed E-state index contributed by atoms with van der Waals surface area (Å²) in [5.41, 5.74) is 26.2. The van der Waals surface area contributed by atoms with E-state index < -0.39 is 134 Å². The number of ether oxygens (including phenoxy) is 11. The topological polar surface area (TPSA) is 670 Å². The van der Waals surface area contributed by atoms with Crippen LogP contribution in [-0.4, -0.2) is 201 Å². The number of esters is 2. The van der Waals surface area contributed by atoms with Crippen LogP contribution in [0.3, 0.4) is 0 Å². The third-order valence-corrected chi connectivity index (χ3v) is 26.3. The molecule has 12 N–H and O–H groups in total. The van der Waals surface area contributed by atoms with Gasteiger partial charge in [-0.15, -0.1) is 0 Å². The van der Waals surface area contributed by atoms with Crippen molar-refractivity contribution in [2.75, 3.05) is 116 Å². The largest absolute Gasteiger partial charge is 0.510 e. The van der Waals surface area contributed by atoms with E-state index in [1.807, 2.05) is 13.8 Å². The van der Waals surface area contributed by atoms with Gasteiger partial charge < -0.3 is 120 Å². The standard InChI is InChI=1S/C26H29FN5O8P.C25H27FN5O7P.C20H25ClN5O8P.C18H21ClN5O8P/c1-17-6-7-20(13-21(17)36-2)40-22(33)8-10-38-41(35,39-14-18-4-3-5-19(27)12-18)16-37-11-9-32-15-29-23-24(32)30-26(28)31-25(23)34;1-17-5-7-20(8-6-17)38-21(32)9-11-36-39(34,37-14-18-3-2-4-19(26)13-18)16-35-12-10-31-15-28-22-23(31)29-25(27)30-24(22)33;1-13(2)34-20(28)31-11-33-35(29,32-9-14-4-3-5-15(21)8-14)12-30-7-6-26-10-23-16-17(26)24-19(22)25-18(16)27;1-28-18(26)30-10-32-33(27,31-8-12-3-2-4-13(19)7-12)11-29-6-5-24-9-21-14-15(24)22-17(20)23-16(14)25/h3-7,12-13,15H,8-11,14,16H2,1-2H3,(H3,28,30,31,34);2-8,13,15H,9-12,14,16H2,1H3,(H3,27,29,30,33);3-5,8,10,13H,6-7,9,11-12H2,1-2H3,(H3,22,24,25,27);2-4,7,9H,5-6,8,10-11H2,1H3,(H3,20,22,23,25). The van der Waals surface area contributed by atoms with E-state index in [1.165, 1.54) is 68.8 Å². The molecule has 0 amide bonds. The molecule has 792 valence electrons. The zero-order chi connectivity index (χ0) is 107. The van der Waals surface area contributed by atoms with Crippen LogP contribution in [0, 0.1) is 25.5 Å². The van der Waals surface area contributed by atoms with Gasteiger partial charge in [-0.25, -0.2) is 38.3 Å². The van der Waals surface area contributed by atoms with Crippen molar-refractivity contribution in [2.24, 2.45) is 0 Å². The van der Waals surface area contributed by atoms with Gasteiger partial charge in [0.15, 0.2) is 44.7 Å². The third-order valence-electron chi connectivity index (χ3n) is 19.5. The first-order valence-corrected chi connectivity index (χ1v) is 51.8. The monoisotopic (exact) mass is 2180 g/mol. The van der Waals surface area contributed by atoms with Gasteiger partial charge in [0.25, 0.3) is 22.2 Å². The lowest BCUT2D eigenvalue weighted by atomic mass is 10.2. The molecule has 0 fully saturated rings. The Morgan fingerprint density at radius 2 is 0.730 bits per heavy atom. The molecule has 4 atom stereocenters. The average molecular weight is 2180 g/mol. The highest BCUT2D eigenvalue weighted by Gasteiger charge is 2.32. The second-order valence-electron chi connectivity index (χ2n) is 31.2. The Morgan fingerprint density at radius 1 is 0.405 bits per heavy atom. The highest BCUT2D eigenvalue weighted by Crippen LogP contribution is 2.52. The predicted octanol–water partition coefficient (Wildman–Crippen LogP) is 12.9. The summed E-state index contributed by atoms with van der Waals surface area (Å²) in [7, 11) is -12.9. The van der Waals surface area contributed by atoms with Crippen LogP contribution < -0.4 is 59.4 Å². The number of aromatic nitrogens is 16. The molecule has 0 saturated heterocycles. The number of carbonyl (C=O) groups is 4. The highest BCUT2D eigenvalue weighted by atomic mass is 35.5. The molecule has 0 aliphatic carbocycles. The molecule has 0 aliphatic rings. The number of benzene rings is 6. The summed E-state index contributed by atoms with van der Waals surface area (Å²) < 4.78 is 186. The minimum Gasteiger partial charge on any atom is -0.496 e.